The molecule has 164 valence electrons. The third kappa shape index (κ3) is 5.09. The van der Waals surface area contributed by atoms with E-state index in [1.807, 2.05) is 18.2 Å². The van der Waals surface area contributed by atoms with Crippen LogP contribution in [0.5, 0.6) is 5.88 Å². The van der Waals surface area contributed by atoms with Gasteiger partial charge in [-0.1, -0.05) is 6.92 Å². The van der Waals surface area contributed by atoms with E-state index in [2.05, 4.69) is 39.0 Å². The van der Waals surface area contributed by atoms with E-state index in [0.29, 0.717) is 17.2 Å². The first-order valence-corrected chi connectivity index (χ1v) is 10.8. The van der Waals surface area contributed by atoms with E-state index >= 15 is 0 Å². The van der Waals surface area contributed by atoms with E-state index in [1.165, 1.54) is 12.3 Å². The fourth-order valence-electron chi connectivity index (χ4n) is 3.94. The monoisotopic (exact) mass is 423 g/mol. The molecule has 0 radical (unpaired) electrons. The van der Waals surface area contributed by atoms with Crippen LogP contribution in [0.25, 0.3) is 0 Å². The minimum atomic E-state index is -0.618. The number of rotatable bonds is 4. The maximum absolute atomic E-state index is 12.5. The van der Waals surface area contributed by atoms with Crippen molar-refractivity contribution in [1.29, 1.82) is 5.26 Å². The molecule has 0 saturated carbocycles. The molecule has 0 atom stereocenters. The smallest absolute Gasteiger partial charge is 0.393 e. The second-order valence-corrected chi connectivity index (χ2v) is 8.38. The number of carbonyl (C=O) groups is 1. The minimum absolute atomic E-state index is 0.226. The lowest BCUT2D eigenvalue weighted by molar-refractivity contribution is 0.213. The molecule has 0 bridgehead atoms. The number of aromatic nitrogens is 2. The van der Waals surface area contributed by atoms with Gasteiger partial charge in [-0.15, -0.1) is 0 Å². The number of hydrogen-bond acceptors (Lipinski definition) is 7. The van der Waals surface area contributed by atoms with Crippen LogP contribution >= 0.6 is 0 Å². The largest absolute Gasteiger partial charge is 0.418 e. The van der Waals surface area contributed by atoms with Gasteiger partial charge in [0.15, 0.2) is 5.82 Å². The number of nitrogens with one attached hydrogen (secondary N) is 2. The first kappa shape index (κ1) is 21.0. The highest BCUT2D eigenvalue weighted by molar-refractivity contribution is 5.90. The summed E-state index contributed by atoms with van der Waals surface area (Å²) >= 11 is 0. The second kappa shape index (κ2) is 9.27. The summed E-state index contributed by atoms with van der Waals surface area (Å²) in [5.41, 5.74) is 1.04. The number of ether oxygens (including phenoxy) is 1. The first-order chi connectivity index (χ1) is 15.0. The van der Waals surface area contributed by atoms with Crippen molar-refractivity contribution < 1.29 is 9.53 Å². The van der Waals surface area contributed by atoms with Gasteiger partial charge in [-0.25, -0.2) is 9.78 Å². The average molecular weight is 424 g/mol. The van der Waals surface area contributed by atoms with Gasteiger partial charge in [0.05, 0.1) is 11.3 Å². The van der Waals surface area contributed by atoms with Gasteiger partial charge in [0.25, 0.3) is 0 Å². The highest BCUT2D eigenvalue weighted by atomic mass is 16.6. The van der Waals surface area contributed by atoms with Crippen molar-refractivity contribution in [2.45, 2.75) is 19.8 Å². The first-order valence-electron chi connectivity index (χ1n) is 10.8. The third-order valence-corrected chi connectivity index (χ3v) is 6.00. The number of piperidine rings is 1. The fraction of sp³-hybridized carbons (Fsp3) is 0.500. The SMILES string of the molecule is CC1CCN(c2nc(N3CCN(C)CC3)ccc2NC(=O)Oc2cc(C#N)c[nH]2)CC1. The number of anilines is 3. The highest BCUT2D eigenvalue weighted by Crippen LogP contribution is 2.31. The van der Waals surface area contributed by atoms with Crippen LogP contribution in [0, 0.1) is 17.2 Å². The molecule has 2 N–H and O–H groups in total. The topological polar surface area (TPSA) is 101 Å². The fourth-order valence-corrected chi connectivity index (χ4v) is 3.94. The molecule has 2 fully saturated rings. The quantitative estimate of drug-likeness (QED) is 0.780. The normalized spacial score (nSPS) is 18.0. The molecular weight excluding hydrogens is 394 g/mol. The van der Waals surface area contributed by atoms with Crippen LogP contribution in [-0.4, -0.2) is 67.3 Å². The molecule has 2 aromatic rings. The predicted molar refractivity (Wildman–Crippen MR) is 120 cm³/mol. The van der Waals surface area contributed by atoms with E-state index in [1.54, 1.807) is 0 Å². The number of likely N-dealkylation sites (N-methyl/N-ethyl adjacent to an activating group) is 1. The lowest BCUT2D eigenvalue weighted by Crippen LogP contribution is -2.45. The maximum Gasteiger partial charge on any atom is 0.418 e. The summed E-state index contributed by atoms with van der Waals surface area (Å²) in [6.07, 6.45) is 3.08. The summed E-state index contributed by atoms with van der Waals surface area (Å²) in [5.74, 6) is 2.64. The molecule has 9 heteroatoms. The third-order valence-electron chi connectivity index (χ3n) is 6.00. The van der Waals surface area contributed by atoms with Crippen LogP contribution in [0.2, 0.25) is 0 Å². The predicted octanol–water partition coefficient (Wildman–Crippen LogP) is 2.88. The Morgan fingerprint density at radius 2 is 1.94 bits per heavy atom. The molecular formula is C22H29N7O2. The molecule has 4 heterocycles. The van der Waals surface area contributed by atoms with Gasteiger partial charge in [-0.3, -0.25) is 5.32 Å². The summed E-state index contributed by atoms with van der Waals surface area (Å²) < 4.78 is 5.30. The molecule has 1 amide bonds. The second-order valence-electron chi connectivity index (χ2n) is 8.38. The van der Waals surface area contributed by atoms with E-state index in [4.69, 9.17) is 15.0 Å². The van der Waals surface area contributed by atoms with Crippen molar-refractivity contribution in [1.82, 2.24) is 14.9 Å². The molecule has 0 spiro atoms. The molecule has 0 aliphatic carbocycles. The van der Waals surface area contributed by atoms with Crippen molar-refractivity contribution in [3.8, 4) is 11.9 Å². The van der Waals surface area contributed by atoms with Crippen molar-refractivity contribution in [2.24, 2.45) is 5.92 Å². The van der Waals surface area contributed by atoms with Crippen molar-refractivity contribution in [3.63, 3.8) is 0 Å². The van der Waals surface area contributed by atoms with E-state index in [-0.39, 0.29) is 5.88 Å². The summed E-state index contributed by atoms with van der Waals surface area (Å²) in [6.45, 7) is 7.97. The van der Waals surface area contributed by atoms with E-state index in [0.717, 1.165) is 63.7 Å². The summed E-state index contributed by atoms with van der Waals surface area (Å²) in [4.78, 5) is 27.1. The lowest BCUT2D eigenvalue weighted by atomic mass is 9.99. The number of carbonyl (C=O) groups excluding carboxylic acids is 1. The number of piperazine rings is 1. The zero-order chi connectivity index (χ0) is 21.8. The Hall–Kier alpha value is -3.25. The number of nitriles is 1. The van der Waals surface area contributed by atoms with E-state index in [9.17, 15) is 4.79 Å². The van der Waals surface area contributed by atoms with Crippen molar-refractivity contribution in [2.75, 3.05) is 61.4 Å². The molecule has 4 rings (SSSR count). The highest BCUT2D eigenvalue weighted by Gasteiger charge is 2.23. The average Bonchev–Trinajstić information content (AvgIpc) is 3.23. The number of H-pyrrole nitrogens is 1. The molecule has 2 saturated heterocycles. The number of amides is 1. The Bertz CT molecular complexity index is 951. The lowest BCUT2D eigenvalue weighted by Gasteiger charge is -2.35. The van der Waals surface area contributed by atoms with Crippen molar-refractivity contribution in [3.05, 3.63) is 30.0 Å². The van der Waals surface area contributed by atoms with Gasteiger partial charge in [-0.2, -0.15) is 5.26 Å². The minimum Gasteiger partial charge on any atom is -0.393 e. The number of aromatic amines is 1. The van der Waals surface area contributed by atoms with Gasteiger partial charge >= 0.3 is 6.09 Å². The Balaban J connectivity index is 1.53. The van der Waals surface area contributed by atoms with Gasteiger partial charge in [-0.05, 0) is 37.9 Å². The number of nitrogens with zero attached hydrogens (tertiary/aromatic N) is 5. The molecule has 9 nitrogen and oxygen atoms in total. The number of pyridine rings is 1. The van der Waals surface area contributed by atoms with Crippen LogP contribution in [0.15, 0.2) is 24.4 Å². The zero-order valence-electron chi connectivity index (χ0n) is 18.1. The number of hydrogen-bond donors (Lipinski definition) is 2. The van der Waals surface area contributed by atoms with Crippen LogP contribution in [-0.2, 0) is 0 Å². The van der Waals surface area contributed by atoms with Gasteiger partial charge < -0.3 is 24.4 Å². The van der Waals surface area contributed by atoms with Crippen LogP contribution in [0.1, 0.15) is 25.3 Å². The van der Waals surface area contributed by atoms with Crippen LogP contribution < -0.4 is 19.9 Å². The van der Waals surface area contributed by atoms with Crippen LogP contribution in [0.4, 0.5) is 22.1 Å². The molecule has 0 aromatic carbocycles. The summed E-state index contributed by atoms with van der Waals surface area (Å²) in [7, 11) is 2.13. The summed E-state index contributed by atoms with van der Waals surface area (Å²) in [5, 5.41) is 11.8. The van der Waals surface area contributed by atoms with Gasteiger partial charge in [0.1, 0.15) is 11.9 Å². The van der Waals surface area contributed by atoms with Gasteiger partial charge in [0.2, 0.25) is 5.88 Å². The Morgan fingerprint density at radius 1 is 1.19 bits per heavy atom. The molecule has 2 aliphatic heterocycles. The van der Waals surface area contributed by atoms with Gasteiger partial charge in [0, 0.05) is 51.5 Å². The summed E-state index contributed by atoms with van der Waals surface area (Å²) in [6, 6.07) is 7.35. The molecule has 0 unspecified atom stereocenters. The zero-order valence-corrected chi connectivity index (χ0v) is 18.1. The molecule has 2 aromatic heterocycles. The molecule has 31 heavy (non-hydrogen) atoms. The van der Waals surface area contributed by atoms with E-state index < -0.39 is 6.09 Å². The Kier molecular flexibility index (Phi) is 6.28. The molecule has 2 aliphatic rings. The maximum atomic E-state index is 12.5. The Labute approximate surface area is 182 Å². The Morgan fingerprint density at radius 3 is 2.61 bits per heavy atom. The van der Waals surface area contributed by atoms with Crippen molar-refractivity contribution >= 4 is 23.4 Å². The van der Waals surface area contributed by atoms with Crippen LogP contribution in [0.3, 0.4) is 0 Å². The standard InChI is InChI=1S/C22H29N7O2/c1-16-5-7-29(8-6-16)21-18(25-22(30)31-20-13-17(14-23)15-24-20)3-4-19(26-21)28-11-9-27(2)10-12-28/h3-4,13,15-16,24H,5-12H2,1-2H3,(H,25,30).